The van der Waals surface area contributed by atoms with Gasteiger partial charge in [0.2, 0.25) is 5.82 Å². The lowest BCUT2D eigenvalue weighted by atomic mass is 10.2. The maximum atomic E-state index is 13.1. The number of nitrogens with zero attached hydrogens (tertiary/aromatic N) is 2. The highest BCUT2D eigenvalue weighted by atomic mass is 79.9. The van der Waals surface area contributed by atoms with Gasteiger partial charge < -0.3 is 9.63 Å². The van der Waals surface area contributed by atoms with Crippen LogP contribution in [-0.2, 0) is 0 Å². The number of aromatic nitrogens is 2. The second-order valence-corrected chi connectivity index (χ2v) is 5.54. The molecule has 1 heterocycles. The van der Waals surface area contributed by atoms with E-state index in [1.165, 1.54) is 24.3 Å². The highest BCUT2D eigenvalue weighted by molar-refractivity contribution is 9.10. The zero-order chi connectivity index (χ0) is 15.0. The van der Waals surface area contributed by atoms with Gasteiger partial charge in [0.15, 0.2) is 0 Å². The molecule has 4 nitrogen and oxygen atoms in total. The number of phenolic OH excluding ortho intramolecular Hbond substituents is 1. The Kier molecular flexibility index (Phi) is 3.65. The van der Waals surface area contributed by atoms with Crippen molar-refractivity contribution in [3.63, 3.8) is 0 Å². The predicted octanol–water partition coefficient (Wildman–Crippen LogP) is 4.66. The first-order valence-corrected chi connectivity index (χ1v) is 7.00. The number of rotatable bonds is 2. The Labute approximate surface area is 132 Å². The summed E-state index contributed by atoms with van der Waals surface area (Å²) in [7, 11) is 0. The first-order chi connectivity index (χ1) is 10.0. The highest BCUT2D eigenvalue weighted by Crippen LogP contribution is 2.32. The van der Waals surface area contributed by atoms with E-state index >= 15 is 0 Å². The van der Waals surface area contributed by atoms with Crippen molar-refractivity contribution in [3.05, 3.63) is 51.7 Å². The van der Waals surface area contributed by atoms with Crippen molar-refractivity contribution in [1.82, 2.24) is 10.1 Å². The van der Waals surface area contributed by atoms with E-state index in [0.29, 0.717) is 11.1 Å². The molecule has 0 aliphatic rings. The van der Waals surface area contributed by atoms with Gasteiger partial charge in [-0.05, 0) is 36.4 Å². The molecule has 0 spiro atoms. The second kappa shape index (κ2) is 5.46. The van der Waals surface area contributed by atoms with Crippen molar-refractivity contribution in [2.75, 3.05) is 0 Å². The minimum Gasteiger partial charge on any atom is -0.507 e. The van der Waals surface area contributed by atoms with Crippen LogP contribution in [0, 0.1) is 5.82 Å². The minimum atomic E-state index is -0.519. The molecule has 0 radical (unpaired) electrons. The summed E-state index contributed by atoms with van der Waals surface area (Å²) in [6.45, 7) is 0. The third-order valence-electron chi connectivity index (χ3n) is 2.79. The maximum absolute atomic E-state index is 13.1. The molecule has 0 atom stereocenters. The van der Waals surface area contributed by atoms with E-state index in [1.807, 2.05) is 0 Å². The van der Waals surface area contributed by atoms with Crippen LogP contribution in [0.1, 0.15) is 0 Å². The van der Waals surface area contributed by atoms with Crippen molar-refractivity contribution in [1.29, 1.82) is 0 Å². The fourth-order valence-corrected chi connectivity index (χ4v) is 2.30. The topological polar surface area (TPSA) is 59.2 Å². The van der Waals surface area contributed by atoms with Gasteiger partial charge in [-0.2, -0.15) is 4.98 Å². The summed E-state index contributed by atoms with van der Waals surface area (Å²) in [6, 6.07) is 9.05. The summed E-state index contributed by atoms with van der Waals surface area (Å²) < 4.78 is 19.0. The molecule has 0 amide bonds. The molecule has 3 aromatic rings. The van der Waals surface area contributed by atoms with Crippen molar-refractivity contribution >= 4 is 27.5 Å². The largest absolute Gasteiger partial charge is 0.507 e. The molecular formula is C14H7BrClFN2O2. The molecule has 7 heteroatoms. The van der Waals surface area contributed by atoms with Crippen LogP contribution in [0.15, 0.2) is 45.4 Å². The van der Waals surface area contributed by atoms with Crippen LogP contribution < -0.4 is 0 Å². The molecule has 106 valence electrons. The fourth-order valence-electron chi connectivity index (χ4n) is 1.77. The Morgan fingerprint density at radius 2 is 2.00 bits per heavy atom. The minimum absolute atomic E-state index is 0.0108. The smallest absolute Gasteiger partial charge is 0.261 e. The van der Waals surface area contributed by atoms with Crippen molar-refractivity contribution < 1.29 is 14.0 Å². The Hall–Kier alpha value is -1.92. The zero-order valence-electron chi connectivity index (χ0n) is 10.3. The third kappa shape index (κ3) is 2.77. The maximum Gasteiger partial charge on any atom is 0.261 e. The van der Waals surface area contributed by atoms with Gasteiger partial charge in [-0.3, -0.25) is 0 Å². The van der Waals surface area contributed by atoms with Crippen LogP contribution in [0.4, 0.5) is 4.39 Å². The van der Waals surface area contributed by atoms with Crippen molar-refractivity contribution in [2.45, 2.75) is 0 Å². The van der Waals surface area contributed by atoms with Gasteiger partial charge >= 0.3 is 0 Å². The average Bonchev–Trinajstić information content (AvgIpc) is 2.91. The van der Waals surface area contributed by atoms with Crippen LogP contribution in [0.3, 0.4) is 0 Å². The van der Waals surface area contributed by atoms with Crippen molar-refractivity contribution in [3.8, 4) is 28.6 Å². The fraction of sp³-hybridized carbons (Fsp3) is 0. The lowest BCUT2D eigenvalue weighted by molar-refractivity contribution is 0.425. The van der Waals surface area contributed by atoms with Gasteiger partial charge in [-0.25, -0.2) is 4.39 Å². The zero-order valence-corrected chi connectivity index (χ0v) is 12.7. The van der Waals surface area contributed by atoms with Crippen LogP contribution >= 0.6 is 27.5 Å². The Morgan fingerprint density at radius 1 is 1.19 bits per heavy atom. The third-order valence-corrected chi connectivity index (χ3v) is 3.58. The normalized spacial score (nSPS) is 10.8. The molecule has 0 saturated carbocycles. The number of hydrogen-bond acceptors (Lipinski definition) is 4. The van der Waals surface area contributed by atoms with Crippen LogP contribution in [0.2, 0.25) is 5.02 Å². The molecule has 2 aromatic carbocycles. The van der Waals surface area contributed by atoms with E-state index in [0.717, 1.165) is 4.47 Å². The summed E-state index contributed by atoms with van der Waals surface area (Å²) in [5, 5.41) is 13.7. The number of benzene rings is 2. The van der Waals surface area contributed by atoms with E-state index in [2.05, 4.69) is 26.1 Å². The van der Waals surface area contributed by atoms with Gasteiger partial charge in [-0.1, -0.05) is 32.7 Å². The van der Waals surface area contributed by atoms with Gasteiger partial charge in [-0.15, -0.1) is 0 Å². The Bertz CT molecular complexity index is 822. The van der Waals surface area contributed by atoms with Gasteiger partial charge in [0.25, 0.3) is 5.89 Å². The number of phenols is 1. The molecule has 0 aliphatic heterocycles. The predicted molar refractivity (Wildman–Crippen MR) is 79.5 cm³/mol. The van der Waals surface area contributed by atoms with E-state index in [9.17, 15) is 9.50 Å². The summed E-state index contributed by atoms with van der Waals surface area (Å²) >= 11 is 8.97. The van der Waals surface area contributed by atoms with E-state index < -0.39 is 5.82 Å². The summed E-state index contributed by atoms with van der Waals surface area (Å²) in [5.74, 6) is -0.0870. The molecule has 21 heavy (non-hydrogen) atoms. The number of halogens is 3. The summed E-state index contributed by atoms with van der Waals surface area (Å²) in [5.41, 5.74) is 0.929. The molecule has 0 unspecified atom stereocenters. The van der Waals surface area contributed by atoms with Crippen LogP contribution in [-0.4, -0.2) is 15.2 Å². The molecule has 0 bridgehead atoms. The van der Waals surface area contributed by atoms with Gasteiger partial charge in [0.05, 0.1) is 10.6 Å². The Morgan fingerprint density at radius 3 is 2.71 bits per heavy atom. The Balaban J connectivity index is 2.01. The lowest BCUT2D eigenvalue weighted by Crippen LogP contribution is -1.84. The molecule has 1 N–H and O–H groups in total. The first kappa shape index (κ1) is 14.0. The summed E-state index contributed by atoms with van der Waals surface area (Å²) in [4.78, 5) is 4.18. The molecular weight excluding hydrogens is 363 g/mol. The highest BCUT2D eigenvalue weighted by Gasteiger charge is 2.15. The first-order valence-electron chi connectivity index (χ1n) is 5.82. The quantitative estimate of drug-likeness (QED) is 0.713. The molecule has 3 rings (SSSR count). The standard InChI is InChI=1S/C14H7BrClFN2O2/c15-8-2-3-9(12(20)6-8)14-18-13(19-21-14)7-1-4-11(17)10(16)5-7/h1-6,20H. The monoisotopic (exact) mass is 368 g/mol. The van der Waals surface area contributed by atoms with Gasteiger partial charge in [0, 0.05) is 10.0 Å². The molecule has 0 aliphatic carbocycles. The molecule has 1 aromatic heterocycles. The van der Waals surface area contributed by atoms with E-state index in [-0.39, 0.29) is 22.5 Å². The molecule has 0 fully saturated rings. The SMILES string of the molecule is Oc1cc(Br)ccc1-c1nc(-c2ccc(F)c(Cl)c2)no1. The van der Waals surface area contributed by atoms with Crippen LogP contribution in [0.25, 0.3) is 22.8 Å². The van der Waals surface area contributed by atoms with Gasteiger partial charge in [0.1, 0.15) is 11.6 Å². The lowest BCUT2D eigenvalue weighted by Gasteiger charge is -1.99. The second-order valence-electron chi connectivity index (χ2n) is 4.21. The van der Waals surface area contributed by atoms with Crippen LogP contribution in [0.5, 0.6) is 5.75 Å². The number of aromatic hydroxyl groups is 1. The van der Waals surface area contributed by atoms with Crippen molar-refractivity contribution in [2.24, 2.45) is 0 Å². The average molecular weight is 370 g/mol. The van der Waals surface area contributed by atoms with E-state index in [1.54, 1.807) is 12.1 Å². The molecule has 0 saturated heterocycles. The number of hydrogen-bond donors (Lipinski definition) is 1. The summed E-state index contributed by atoms with van der Waals surface area (Å²) in [6.07, 6.45) is 0. The van der Waals surface area contributed by atoms with E-state index in [4.69, 9.17) is 16.1 Å².